The van der Waals surface area contributed by atoms with Gasteiger partial charge in [0.2, 0.25) is 0 Å². The molecule has 0 fully saturated rings. The quantitative estimate of drug-likeness (QED) is 0.534. The van der Waals surface area contributed by atoms with Gasteiger partial charge < -0.3 is 10.4 Å². The van der Waals surface area contributed by atoms with Crippen molar-refractivity contribution in [3.05, 3.63) is 63.7 Å². The van der Waals surface area contributed by atoms with Crippen molar-refractivity contribution in [3.63, 3.8) is 0 Å². The van der Waals surface area contributed by atoms with E-state index in [4.69, 9.17) is 0 Å². The number of anilines is 1. The van der Waals surface area contributed by atoms with Gasteiger partial charge in [-0.15, -0.1) is 0 Å². The molecule has 0 saturated heterocycles. The van der Waals surface area contributed by atoms with Gasteiger partial charge in [-0.25, -0.2) is 8.42 Å². The van der Waals surface area contributed by atoms with Gasteiger partial charge in [0.25, 0.3) is 5.69 Å². The average Bonchev–Trinajstić information content (AvgIpc) is 2.65. The molecular weight excluding hydrogens is 382 g/mol. The Bertz CT molecular complexity index is 977. The van der Waals surface area contributed by atoms with Crippen LogP contribution in [0.25, 0.3) is 0 Å². The van der Waals surface area contributed by atoms with Crippen molar-refractivity contribution in [2.75, 3.05) is 31.2 Å². The number of nitro benzene ring substituents is 1. The summed E-state index contributed by atoms with van der Waals surface area (Å²) in [6.07, 6.45) is 1.20. The number of hydrogen-bond acceptors (Lipinski definition) is 7. The second-order valence-electron chi connectivity index (χ2n) is 7.00. The number of benzene rings is 2. The SMILES string of the molecule is CS(=O)(=O)c1ccc(NCC(O)CN2CCc3ccccc3C2)c([N+](=O)[O-])c1. The molecule has 1 aliphatic rings. The van der Waals surface area contributed by atoms with Crippen LogP contribution in [0.1, 0.15) is 11.1 Å². The van der Waals surface area contributed by atoms with E-state index in [0.717, 1.165) is 31.8 Å². The zero-order valence-electron chi connectivity index (χ0n) is 15.5. The van der Waals surface area contributed by atoms with Crippen LogP contribution < -0.4 is 5.32 Å². The number of aliphatic hydroxyl groups is 1. The first-order valence-electron chi connectivity index (χ1n) is 8.93. The number of hydrogen-bond donors (Lipinski definition) is 2. The van der Waals surface area contributed by atoms with Crippen molar-refractivity contribution < 1.29 is 18.4 Å². The number of β-amino-alcohol motifs (C(OH)–C–C–N with tert-alkyl or cyclic N) is 1. The fraction of sp³-hybridized carbons (Fsp3) is 0.368. The first-order valence-corrected chi connectivity index (χ1v) is 10.8. The van der Waals surface area contributed by atoms with Crippen molar-refractivity contribution in [1.82, 2.24) is 4.90 Å². The predicted molar refractivity (Wildman–Crippen MR) is 106 cm³/mol. The van der Waals surface area contributed by atoms with Crippen LogP contribution in [0.15, 0.2) is 47.4 Å². The molecule has 0 bridgehead atoms. The largest absolute Gasteiger partial charge is 0.390 e. The zero-order chi connectivity index (χ0) is 20.3. The van der Waals surface area contributed by atoms with E-state index in [1.54, 1.807) is 0 Å². The van der Waals surface area contributed by atoms with Crippen LogP contribution in [0.4, 0.5) is 11.4 Å². The van der Waals surface area contributed by atoms with Gasteiger partial charge in [-0.2, -0.15) is 0 Å². The Hall–Kier alpha value is -2.49. The summed E-state index contributed by atoms with van der Waals surface area (Å²) < 4.78 is 23.2. The van der Waals surface area contributed by atoms with Crippen LogP contribution in [0.3, 0.4) is 0 Å². The van der Waals surface area contributed by atoms with Gasteiger partial charge in [0.15, 0.2) is 9.84 Å². The molecule has 0 aliphatic carbocycles. The molecule has 2 N–H and O–H groups in total. The minimum absolute atomic E-state index is 0.114. The van der Waals surface area contributed by atoms with Gasteiger partial charge in [-0.05, 0) is 29.7 Å². The van der Waals surface area contributed by atoms with Gasteiger partial charge in [0.05, 0.1) is 15.9 Å². The summed E-state index contributed by atoms with van der Waals surface area (Å²) in [5, 5.41) is 24.5. The molecule has 9 heteroatoms. The summed E-state index contributed by atoms with van der Waals surface area (Å²) in [7, 11) is -3.54. The molecule has 0 saturated carbocycles. The van der Waals surface area contributed by atoms with Crippen LogP contribution in [0.5, 0.6) is 0 Å². The van der Waals surface area contributed by atoms with Crippen molar-refractivity contribution in [3.8, 4) is 0 Å². The van der Waals surface area contributed by atoms with Crippen molar-refractivity contribution in [2.45, 2.75) is 24.0 Å². The summed E-state index contributed by atoms with van der Waals surface area (Å²) in [5.41, 5.74) is 2.43. The third-order valence-electron chi connectivity index (χ3n) is 4.80. The van der Waals surface area contributed by atoms with Gasteiger partial charge in [0, 0.05) is 38.5 Å². The molecule has 150 valence electrons. The summed E-state index contributed by atoms with van der Waals surface area (Å²) >= 11 is 0. The molecule has 1 heterocycles. The number of fused-ring (bicyclic) bond motifs is 1. The molecule has 2 aromatic carbocycles. The fourth-order valence-electron chi connectivity index (χ4n) is 3.34. The number of aliphatic hydroxyl groups excluding tert-OH is 1. The van der Waals surface area contributed by atoms with Crippen LogP contribution in [-0.4, -0.2) is 55.3 Å². The topological polar surface area (TPSA) is 113 Å². The number of rotatable bonds is 7. The molecule has 1 atom stereocenters. The van der Waals surface area contributed by atoms with E-state index in [9.17, 15) is 23.6 Å². The third-order valence-corrected chi connectivity index (χ3v) is 5.91. The summed E-state index contributed by atoms with van der Waals surface area (Å²) in [6.45, 7) is 2.17. The number of nitrogens with zero attached hydrogens (tertiary/aromatic N) is 2. The molecule has 0 radical (unpaired) electrons. The number of nitrogens with one attached hydrogen (secondary N) is 1. The van der Waals surface area contributed by atoms with E-state index in [0.29, 0.717) is 6.54 Å². The number of nitro groups is 1. The highest BCUT2D eigenvalue weighted by molar-refractivity contribution is 7.90. The van der Waals surface area contributed by atoms with E-state index < -0.39 is 20.9 Å². The molecule has 0 amide bonds. The summed E-state index contributed by atoms with van der Waals surface area (Å²) in [6, 6.07) is 11.9. The van der Waals surface area contributed by atoms with Crippen molar-refractivity contribution in [2.24, 2.45) is 0 Å². The fourth-order valence-corrected chi connectivity index (χ4v) is 3.98. The smallest absolute Gasteiger partial charge is 0.293 e. The predicted octanol–water partition coefficient (Wildman–Crippen LogP) is 1.83. The summed E-state index contributed by atoms with van der Waals surface area (Å²) in [5.74, 6) is 0. The zero-order valence-corrected chi connectivity index (χ0v) is 16.4. The van der Waals surface area contributed by atoms with Crippen molar-refractivity contribution in [1.29, 1.82) is 0 Å². The molecule has 8 nitrogen and oxygen atoms in total. The van der Waals surface area contributed by atoms with Gasteiger partial charge in [-0.3, -0.25) is 15.0 Å². The number of sulfone groups is 1. The molecule has 2 aromatic rings. The van der Waals surface area contributed by atoms with Crippen LogP contribution in [0, 0.1) is 10.1 Å². The second kappa shape index (κ2) is 8.26. The molecule has 1 aliphatic heterocycles. The van der Waals surface area contributed by atoms with Crippen LogP contribution in [0.2, 0.25) is 0 Å². The molecule has 0 spiro atoms. The molecule has 3 rings (SSSR count). The Labute approximate surface area is 163 Å². The Morgan fingerprint density at radius 3 is 2.64 bits per heavy atom. The first kappa shape index (κ1) is 20.2. The Morgan fingerprint density at radius 1 is 1.25 bits per heavy atom. The van der Waals surface area contributed by atoms with Gasteiger partial charge in [0.1, 0.15) is 5.69 Å². The lowest BCUT2D eigenvalue weighted by molar-refractivity contribution is -0.384. The molecule has 0 aromatic heterocycles. The highest BCUT2D eigenvalue weighted by Crippen LogP contribution is 2.27. The maximum absolute atomic E-state index is 11.6. The standard InChI is InChI=1S/C19H23N3O5S/c1-28(26,27)17-6-7-18(19(10-17)22(24)25)20-11-16(23)13-21-9-8-14-4-2-3-5-15(14)12-21/h2-7,10,16,20,23H,8-9,11-13H2,1H3. The highest BCUT2D eigenvalue weighted by Gasteiger charge is 2.21. The Balaban J connectivity index is 1.62. The lowest BCUT2D eigenvalue weighted by atomic mass is 10.00. The van der Waals surface area contributed by atoms with Crippen molar-refractivity contribution >= 4 is 21.2 Å². The Kier molecular flexibility index (Phi) is 5.97. The molecule has 28 heavy (non-hydrogen) atoms. The van der Waals surface area contributed by atoms with Crippen LogP contribution in [-0.2, 0) is 22.8 Å². The maximum atomic E-state index is 11.6. The monoisotopic (exact) mass is 405 g/mol. The lowest BCUT2D eigenvalue weighted by Gasteiger charge is -2.30. The highest BCUT2D eigenvalue weighted by atomic mass is 32.2. The lowest BCUT2D eigenvalue weighted by Crippen LogP contribution is -2.39. The minimum atomic E-state index is -3.54. The van der Waals surface area contributed by atoms with E-state index in [1.165, 1.54) is 23.3 Å². The maximum Gasteiger partial charge on any atom is 0.293 e. The van der Waals surface area contributed by atoms with Gasteiger partial charge in [-0.1, -0.05) is 24.3 Å². The average molecular weight is 405 g/mol. The second-order valence-corrected chi connectivity index (χ2v) is 9.01. The van der Waals surface area contributed by atoms with E-state index in [1.807, 2.05) is 12.1 Å². The van der Waals surface area contributed by atoms with Crippen LogP contribution >= 0.6 is 0 Å². The van der Waals surface area contributed by atoms with E-state index in [-0.39, 0.29) is 22.8 Å². The molecular formula is C19H23N3O5S. The summed E-state index contributed by atoms with van der Waals surface area (Å²) in [4.78, 5) is 12.7. The van der Waals surface area contributed by atoms with E-state index >= 15 is 0 Å². The Morgan fingerprint density at radius 2 is 1.96 bits per heavy atom. The first-order chi connectivity index (χ1) is 13.2. The van der Waals surface area contributed by atoms with Gasteiger partial charge >= 0.3 is 0 Å². The minimum Gasteiger partial charge on any atom is -0.390 e. The third kappa shape index (κ3) is 4.86. The van der Waals surface area contributed by atoms with E-state index in [2.05, 4.69) is 22.3 Å². The molecule has 1 unspecified atom stereocenters. The normalized spacial score (nSPS) is 15.6.